The second kappa shape index (κ2) is 13.8. The third kappa shape index (κ3) is 10.5. The Morgan fingerprint density at radius 1 is 1.26 bits per heavy atom. The number of aliphatic imine (C=N–C) groups is 1. The molecule has 0 unspecified atom stereocenters. The zero-order chi connectivity index (χ0) is 18.6. The molecule has 1 aromatic rings. The number of ether oxygens (including phenoxy) is 1. The van der Waals surface area contributed by atoms with Gasteiger partial charge in [0.05, 0.1) is 0 Å². The maximum absolute atomic E-state index is 12.1. The first-order chi connectivity index (χ1) is 12.7. The molecule has 27 heavy (non-hydrogen) atoms. The summed E-state index contributed by atoms with van der Waals surface area (Å²) in [7, 11) is 0. The molecule has 0 spiro atoms. The monoisotopic (exact) mass is 488 g/mol. The highest BCUT2D eigenvalue weighted by molar-refractivity contribution is 14.0. The molecule has 0 radical (unpaired) electrons. The standard InChI is InChI=1S/C20H32N4O2.HI/c1-3-16-7-5-8-18(13-16)24-19(25)14-23-20(21-4-2)22-11-6-12-26-15-17-9-10-17;/h5,7-8,13,17H,3-4,6,9-12,14-15H2,1-2H3,(H,24,25)(H2,21,22,23);1H. The zero-order valence-corrected chi connectivity index (χ0v) is 18.8. The van der Waals surface area contributed by atoms with E-state index in [0.29, 0.717) is 5.96 Å². The Morgan fingerprint density at radius 2 is 2.07 bits per heavy atom. The molecule has 1 amide bonds. The first-order valence-electron chi connectivity index (χ1n) is 9.70. The van der Waals surface area contributed by atoms with Gasteiger partial charge in [0.2, 0.25) is 5.91 Å². The van der Waals surface area contributed by atoms with Crippen LogP contribution in [0.2, 0.25) is 0 Å². The molecule has 7 heteroatoms. The molecular formula is C20H33IN4O2. The Morgan fingerprint density at radius 3 is 2.78 bits per heavy atom. The molecule has 152 valence electrons. The van der Waals surface area contributed by atoms with E-state index in [0.717, 1.165) is 50.8 Å². The number of carbonyl (C=O) groups is 1. The topological polar surface area (TPSA) is 74.8 Å². The Hall–Kier alpha value is -1.35. The molecule has 2 rings (SSSR count). The molecule has 3 N–H and O–H groups in total. The summed E-state index contributed by atoms with van der Waals surface area (Å²) >= 11 is 0. The lowest BCUT2D eigenvalue weighted by atomic mass is 10.1. The van der Waals surface area contributed by atoms with Crippen molar-refractivity contribution in [2.45, 2.75) is 39.5 Å². The number of hydrogen-bond donors (Lipinski definition) is 3. The molecule has 0 aliphatic heterocycles. The van der Waals surface area contributed by atoms with E-state index in [1.165, 1.54) is 18.4 Å². The number of anilines is 1. The average molecular weight is 488 g/mol. The summed E-state index contributed by atoms with van der Waals surface area (Å²) in [5.41, 5.74) is 2.01. The summed E-state index contributed by atoms with van der Waals surface area (Å²) < 4.78 is 5.62. The summed E-state index contributed by atoms with van der Waals surface area (Å²) in [5.74, 6) is 1.34. The minimum absolute atomic E-state index is 0. The second-order valence-electron chi connectivity index (χ2n) is 6.60. The number of benzene rings is 1. The number of nitrogens with one attached hydrogen (secondary N) is 3. The summed E-state index contributed by atoms with van der Waals surface area (Å²) in [4.78, 5) is 16.5. The van der Waals surface area contributed by atoms with Crippen molar-refractivity contribution in [2.75, 3.05) is 38.2 Å². The Kier molecular flexibility index (Phi) is 12.1. The highest BCUT2D eigenvalue weighted by atomic mass is 127. The first kappa shape index (κ1) is 23.7. The average Bonchev–Trinajstić information content (AvgIpc) is 3.47. The molecule has 1 aromatic carbocycles. The molecule has 0 heterocycles. The van der Waals surface area contributed by atoms with Crippen LogP contribution in [0.15, 0.2) is 29.3 Å². The zero-order valence-electron chi connectivity index (χ0n) is 16.4. The lowest BCUT2D eigenvalue weighted by molar-refractivity contribution is -0.114. The molecular weight excluding hydrogens is 455 g/mol. The van der Waals surface area contributed by atoms with Gasteiger partial charge in [-0.05, 0) is 56.2 Å². The van der Waals surface area contributed by atoms with E-state index < -0.39 is 0 Å². The summed E-state index contributed by atoms with van der Waals surface area (Å²) in [6.45, 7) is 7.37. The quantitative estimate of drug-likeness (QED) is 0.194. The van der Waals surface area contributed by atoms with Crippen LogP contribution in [0.25, 0.3) is 0 Å². The summed E-state index contributed by atoms with van der Waals surface area (Å²) in [6, 6.07) is 7.89. The molecule has 1 aliphatic carbocycles. The van der Waals surface area contributed by atoms with E-state index in [4.69, 9.17) is 4.74 Å². The van der Waals surface area contributed by atoms with Gasteiger partial charge in [0.25, 0.3) is 0 Å². The second-order valence-corrected chi connectivity index (χ2v) is 6.60. The fourth-order valence-electron chi connectivity index (χ4n) is 2.48. The van der Waals surface area contributed by atoms with E-state index in [-0.39, 0.29) is 36.4 Å². The largest absolute Gasteiger partial charge is 0.381 e. The molecule has 0 aromatic heterocycles. The van der Waals surface area contributed by atoms with Crippen LogP contribution in [0.1, 0.15) is 38.7 Å². The number of rotatable bonds is 11. The normalized spacial score (nSPS) is 13.6. The van der Waals surface area contributed by atoms with E-state index in [2.05, 4.69) is 33.9 Å². The number of aryl methyl sites for hydroxylation is 1. The van der Waals surface area contributed by atoms with Crippen molar-refractivity contribution in [3.63, 3.8) is 0 Å². The Bertz CT molecular complexity index is 591. The molecule has 6 nitrogen and oxygen atoms in total. The molecule has 0 bridgehead atoms. The SMILES string of the molecule is CCNC(=NCC(=O)Nc1cccc(CC)c1)NCCCOCC1CC1.I. The van der Waals surface area contributed by atoms with E-state index in [9.17, 15) is 4.79 Å². The van der Waals surface area contributed by atoms with Crippen LogP contribution in [-0.2, 0) is 16.0 Å². The van der Waals surface area contributed by atoms with Crippen molar-refractivity contribution in [3.8, 4) is 0 Å². The number of amides is 1. The van der Waals surface area contributed by atoms with Gasteiger partial charge in [-0.2, -0.15) is 0 Å². The van der Waals surface area contributed by atoms with Crippen LogP contribution < -0.4 is 16.0 Å². The van der Waals surface area contributed by atoms with Crippen molar-refractivity contribution in [1.82, 2.24) is 10.6 Å². The van der Waals surface area contributed by atoms with Gasteiger partial charge in [-0.1, -0.05) is 19.1 Å². The Balaban J connectivity index is 0.00000364. The van der Waals surface area contributed by atoms with Gasteiger partial charge < -0.3 is 20.7 Å². The van der Waals surface area contributed by atoms with Crippen molar-refractivity contribution in [1.29, 1.82) is 0 Å². The van der Waals surface area contributed by atoms with E-state index in [1.54, 1.807) is 0 Å². The van der Waals surface area contributed by atoms with Crippen molar-refractivity contribution < 1.29 is 9.53 Å². The van der Waals surface area contributed by atoms with Crippen molar-refractivity contribution >= 4 is 41.5 Å². The van der Waals surface area contributed by atoms with Gasteiger partial charge in [0.1, 0.15) is 6.54 Å². The number of hydrogen-bond acceptors (Lipinski definition) is 3. The van der Waals surface area contributed by atoms with Crippen molar-refractivity contribution in [2.24, 2.45) is 10.9 Å². The number of guanidine groups is 1. The maximum Gasteiger partial charge on any atom is 0.246 e. The fraction of sp³-hybridized carbons (Fsp3) is 0.600. The summed E-state index contributed by atoms with van der Waals surface area (Å²) in [5, 5.41) is 9.29. The number of carbonyl (C=O) groups excluding carboxylic acids is 1. The minimum atomic E-state index is -0.122. The lowest BCUT2D eigenvalue weighted by Crippen LogP contribution is -2.38. The van der Waals surface area contributed by atoms with Crippen molar-refractivity contribution in [3.05, 3.63) is 29.8 Å². The molecule has 1 aliphatic rings. The van der Waals surface area contributed by atoms with Crippen LogP contribution in [0.5, 0.6) is 0 Å². The first-order valence-corrected chi connectivity index (χ1v) is 9.70. The predicted octanol–water partition coefficient (Wildman–Crippen LogP) is 3.18. The number of halogens is 1. The molecule has 0 atom stereocenters. The van der Waals surface area contributed by atoms with Gasteiger partial charge in [0.15, 0.2) is 5.96 Å². The van der Waals surface area contributed by atoms with E-state index in [1.807, 2.05) is 25.1 Å². The van der Waals surface area contributed by atoms with E-state index >= 15 is 0 Å². The third-order valence-electron chi connectivity index (χ3n) is 4.15. The summed E-state index contributed by atoms with van der Waals surface area (Å²) in [6.07, 6.45) is 4.51. The highest BCUT2D eigenvalue weighted by Gasteiger charge is 2.20. The molecule has 1 saturated carbocycles. The highest BCUT2D eigenvalue weighted by Crippen LogP contribution is 2.28. The minimum Gasteiger partial charge on any atom is -0.381 e. The smallest absolute Gasteiger partial charge is 0.246 e. The van der Waals surface area contributed by atoms with Gasteiger partial charge in [-0.25, -0.2) is 4.99 Å². The third-order valence-corrected chi connectivity index (χ3v) is 4.15. The maximum atomic E-state index is 12.1. The van der Waals surface area contributed by atoms with Gasteiger partial charge in [-0.3, -0.25) is 4.79 Å². The predicted molar refractivity (Wildman–Crippen MR) is 122 cm³/mol. The Labute approximate surface area is 179 Å². The molecule has 1 fully saturated rings. The van der Waals surface area contributed by atoms with Crippen LogP contribution in [0.4, 0.5) is 5.69 Å². The van der Waals surface area contributed by atoms with Gasteiger partial charge >= 0.3 is 0 Å². The van der Waals surface area contributed by atoms with Crippen LogP contribution in [-0.4, -0.2) is 44.7 Å². The van der Waals surface area contributed by atoms with Gasteiger partial charge in [0, 0.05) is 32.0 Å². The van der Waals surface area contributed by atoms with Gasteiger partial charge in [-0.15, -0.1) is 24.0 Å². The molecule has 0 saturated heterocycles. The number of nitrogens with zero attached hydrogens (tertiary/aromatic N) is 1. The lowest BCUT2D eigenvalue weighted by Gasteiger charge is -2.11. The fourth-order valence-corrected chi connectivity index (χ4v) is 2.48. The van der Waals surface area contributed by atoms with Crippen LogP contribution >= 0.6 is 24.0 Å². The van der Waals surface area contributed by atoms with Crippen LogP contribution in [0.3, 0.4) is 0 Å². The van der Waals surface area contributed by atoms with Crippen LogP contribution in [0, 0.1) is 5.92 Å².